The number of aliphatic hydroxyl groups excluding tert-OH is 1. The Morgan fingerprint density at radius 1 is 1.19 bits per heavy atom. The Labute approximate surface area is 127 Å². The molecule has 0 saturated carbocycles. The Bertz CT molecular complexity index is 349. The van der Waals surface area contributed by atoms with Crippen LogP contribution in [0, 0.1) is 0 Å². The summed E-state index contributed by atoms with van der Waals surface area (Å²) in [4.78, 5) is 18.7. The number of hydrogen-bond donors (Lipinski definition) is 1. The lowest BCUT2D eigenvalue weighted by Gasteiger charge is -2.37. The fourth-order valence-electron chi connectivity index (χ4n) is 3.03. The molecule has 0 unspecified atom stereocenters. The summed E-state index contributed by atoms with van der Waals surface area (Å²) in [5, 5.41) is 8.97. The number of nitrogens with zero attached hydrogens (tertiary/aromatic N) is 3. The Balaban J connectivity index is 1.77. The molecule has 2 aliphatic heterocycles. The summed E-state index contributed by atoms with van der Waals surface area (Å²) in [6, 6.07) is 0.453. The topological polar surface area (TPSA) is 56.2 Å². The molecule has 0 aliphatic carbocycles. The van der Waals surface area contributed by atoms with Crippen molar-refractivity contribution in [3.63, 3.8) is 0 Å². The molecule has 21 heavy (non-hydrogen) atoms. The summed E-state index contributed by atoms with van der Waals surface area (Å²) in [5.74, 6) is 0. The molecule has 0 aromatic heterocycles. The molecule has 2 rings (SSSR count). The monoisotopic (exact) mass is 299 g/mol. The average Bonchev–Trinajstić information content (AvgIpc) is 2.88. The van der Waals surface area contributed by atoms with Crippen molar-refractivity contribution in [1.29, 1.82) is 0 Å². The summed E-state index contributed by atoms with van der Waals surface area (Å²) >= 11 is 0. The molecule has 2 saturated heterocycles. The molecular formula is C15H29N3O3. The van der Waals surface area contributed by atoms with E-state index in [0.29, 0.717) is 6.04 Å². The van der Waals surface area contributed by atoms with Gasteiger partial charge in [-0.15, -0.1) is 0 Å². The number of rotatable bonds is 3. The quantitative estimate of drug-likeness (QED) is 0.827. The molecule has 0 aromatic carbocycles. The van der Waals surface area contributed by atoms with Crippen molar-refractivity contribution in [2.75, 3.05) is 52.4 Å². The van der Waals surface area contributed by atoms with E-state index in [-0.39, 0.29) is 12.7 Å². The standard InChI is InChI=1S/C15H29N3O3/c1-15(2,3)21-14(20)18-5-4-13(12-18)17-8-6-16(7-9-17)10-11-19/h13,19H,4-12H2,1-3H3/t13-/m1/s1. The van der Waals surface area contributed by atoms with E-state index in [1.807, 2.05) is 25.7 Å². The van der Waals surface area contributed by atoms with Gasteiger partial charge in [-0.1, -0.05) is 0 Å². The van der Waals surface area contributed by atoms with Crippen LogP contribution in [-0.2, 0) is 4.74 Å². The molecule has 2 heterocycles. The normalized spacial score (nSPS) is 25.3. The van der Waals surface area contributed by atoms with Gasteiger partial charge < -0.3 is 14.7 Å². The van der Waals surface area contributed by atoms with Crippen LogP contribution >= 0.6 is 0 Å². The van der Waals surface area contributed by atoms with Gasteiger partial charge in [0.1, 0.15) is 5.60 Å². The van der Waals surface area contributed by atoms with Crippen LogP contribution < -0.4 is 0 Å². The zero-order valence-corrected chi connectivity index (χ0v) is 13.5. The van der Waals surface area contributed by atoms with Gasteiger partial charge in [-0.2, -0.15) is 0 Å². The van der Waals surface area contributed by atoms with Gasteiger partial charge in [0.05, 0.1) is 6.61 Å². The van der Waals surface area contributed by atoms with Gasteiger partial charge in [0.25, 0.3) is 0 Å². The first-order valence-electron chi connectivity index (χ1n) is 7.94. The van der Waals surface area contributed by atoms with Gasteiger partial charge in [-0.3, -0.25) is 9.80 Å². The smallest absolute Gasteiger partial charge is 0.410 e. The number of β-amino-alcohol motifs (C(OH)–C–C–N with tert-alkyl or cyclic N) is 1. The van der Waals surface area contributed by atoms with Crippen molar-refractivity contribution in [1.82, 2.24) is 14.7 Å². The summed E-state index contributed by atoms with van der Waals surface area (Å²) in [5.41, 5.74) is -0.426. The molecule has 0 radical (unpaired) electrons. The number of aliphatic hydroxyl groups is 1. The number of piperazine rings is 1. The highest BCUT2D eigenvalue weighted by atomic mass is 16.6. The van der Waals surface area contributed by atoms with Crippen LogP contribution in [-0.4, -0.2) is 90.0 Å². The highest BCUT2D eigenvalue weighted by molar-refractivity contribution is 5.68. The maximum atomic E-state index is 12.1. The molecule has 2 aliphatic rings. The molecule has 0 aromatic rings. The summed E-state index contributed by atoms with van der Waals surface area (Å²) in [7, 11) is 0. The number of carbonyl (C=O) groups excluding carboxylic acids is 1. The van der Waals surface area contributed by atoms with Gasteiger partial charge in [0, 0.05) is 51.9 Å². The maximum Gasteiger partial charge on any atom is 0.410 e. The Hall–Kier alpha value is -0.850. The van der Waals surface area contributed by atoms with Crippen LogP contribution in [0.15, 0.2) is 0 Å². The highest BCUT2D eigenvalue weighted by Gasteiger charge is 2.33. The zero-order chi connectivity index (χ0) is 15.5. The largest absolute Gasteiger partial charge is 0.444 e. The van der Waals surface area contributed by atoms with Crippen LogP contribution in [0.2, 0.25) is 0 Å². The summed E-state index contributed by atoms with van der Waals surface area (Å²) < 4.78 is 5.44. The first kappa shape index (κ1) is 16.5. The first-order chi connectivity index (χ1) is 9.89. The van der Waals surface area contributed by atoms with E-state index in [0.717, 1.165) is 52.2 Å². The Morgan fingerprint density at radius 2 is 1.86 bits per heavy atom. The van der Waals surface area contributed by atoms with Crippen LogP contribution in [0.4, 0.5) is 4.79 Å². The van der Waals surface area contributed by atoms with Crippen LogP contribution in [0.25, 0.3) is 0 Å². The van der Waals surface area contributed by atoms with Crippen molar-refractivity contribution in [3.8, 4) is 0 Å². The highest BCUT2D eigenvalue weighted by Crippen LogP contribution is 2.20. The summed E-state index contributed by atoms with van der Waals surface area (Å²) in [6.45, 7) is 12.3. The van der Waals surface area contributed by atoms with Gasteiger partial charge in [-0.05, 0) is 27.2 Å². The van der Waals surface area contributed by atoms with Crippen molar-refractivity contribution >= 4 is 6.09 Å². The van der Waals surface area contributed by atoms with E-state index in [2.05, 4.69) is 9.80 Å². The number of hydrogen-bond acceptors (Lipinski definition) is 5. The van der Waals surface area contributed by atoms with Gasteiger partial charge >= 0.3 is 6.09 Å². The van der Waals surface area contributed by atoms with Crippen LogP contribution in [0.5, 0.6) is 0 Å². The molecule has 1 N–H and O–H groups in total. The fourth-order valence-corrected chi connectivity index (χ4v) is 3.03. The van der Waals surface area contributed by atoms with Gasteiger partial charge in [0.15, 0.2) is 0 Å². The number of amides is 1. The fraction of sp³-hybridized carbons (Fsp3) is 0.933. The second-order valence-electron chi connectivity index (χ2n) is 6.97. The van der Waals surface area contributed by atoms with Crippen molar-refractivity contribution in [2.24, 2.45) is 0 Å². The third kappa shape index (κ3) is 4.83. The van der Waals surface area contributed by atoms with E-state index in [4.69, 9.17) is 9.84 Å². The maximum absolute atomic E-state index is 12.1. The van der Waals surface area contributed by atoms with Crippen LogP contribution in [0.1, 0.15) is 27.2 Å². The van der Waals surface area contributed by atoms with Gasteiger partial charge in [-0.25, -0.2) is 4.79 Å². The van der Waals surface area contributed by atoms with Gasteiger partial charge in [0.2, 0.25) is 0 Å². The predicted molar refractivity (Wildman–Crippen MR) is 81.3 cm³/mol. The lowest BCUT2D eigenvalue weighted by Crippen LogP contribution is -2.51. The average molecular weight is 299 g/mol. The van der Waals surface area contributed by atoms with E-state index < -0.39 is 5.60 Å². The van der Waals surface area contributed by atoms with E-state index >= 15 is 0 Å². The van der Waals surface area contributed by atoms with E-state index in [1.54, 1.807) is 0 Å². The number of likely N-dealkylation sites (tertiary alicyclic amines) is 1. The van der Waals surface area contributed by atoms with Crippen LogP contribution in [0.3, 0.4) is 0 Å². The predicted octanol–water partition coefficient (Wildman–Crippen LogP) is 0.606. The second-order valence-corrected chi connectivity index (χ2v) is 6.97. The molecular weight excluding hydrogens is 270 g/mol. The SMILES string of the molecule is CC(C)(C)OC(=O)N1CC[C@@H](N2CCN(CCO)CC2)C1. The van der Waals surface area contributed by atoms with E-state index in [1.165, 1.54) is 0 Å². The molecule has 6 heteroatoms. The molecule has 2 fully saturated rings. The number of carbonyl (C=O) groups is 1. The first-order valence-corrected chi connectivity index (χ1v) is 7.94. The third-order valence-electron chi connectivity index (χ3n) is 4.15. The van der Waals surface area contributed by atoms with Crippen molar-refractivity contribution in [3.05, 3.63) is 0 Å². The lowest BCUT2D eigenvalue weighted by molar-refractivity contribution is 0.0267. The molecule has 122 valence electrons. The third-order valence-corrected chi connectivity index (χ3v) is 4.15. The summed E-state index contributed by atoms with van der Waals surface area (Å²) in [6.07, 6.45) is 0.836. The molecule has 0 spiro atoms. The Kier molecular flexibility index (Phi) is 5.46. The number of ether oxygens (including phenoxy) is 1. The minimum absolute atomic E-state index is 0.191. The van der Waals surface area contributed by atoms with E-state index in [9.17, 15) is 4.79 Å². The molecule has 0 bridgehead atoms. The molecule has 6 nitrogen and oxygen atoms in total. The minimum Gasteiger partial charge on any atom is -0.444 e. The molecule has 1 amide bonds. The zero-order valence-electron chi connectivity index (χ0n) is 13.5. The van der Waals surface area contributed by atoms with Crippen molar-refractivity contribution < 1.29 is 14.6 Å². The lowest BCUT2D eigenvalue weighted by atomic mass is 10.2. The second kappa shape index (κ2) is 6.94. The molecule has 1 atom stereocenters. The van der Waals surface area contributed by atoms with Crippen molar-refractivity contribution in [2.45, 2.75) is 38.8 Å². The Morgan fingerprint density at radius 3 is 2.43 bits per heavy atom. The minimum atomic E-state index is -0.426.